The van der Waals surface area contributed by atoms with Gasteiger partial charge in [0.15, 0.2) is 0 Å². The minimum absolute atomic E-state index is 0.0768. The molecular weight excluding hydrogens is 396 g/mol. The first-order valence-electron chi connectivity index (χ1n) is 8.04. The smallest absolute Gasteiger partial charge is 0.340 e. The van der Waals surface area contributed by atoms with E-state index in [0.29, 0.717) is 16.8 Å². The van der Waals surface area contributed by atoms with Crippen molar-refractivity contribution in [1.29, 1.82) is 0 Å². The van der Waals surface area contributed by atoms with Crippen LogP contribution in [0, 0.1) is 0 Å². The van der Waals surface area contributed by atoms with Gasteiger partial charge in [0, 0.05) is 10.5 Å². The van der Waals surface area contributed by atoms with Crippen LogP contribution in [0.2, 0.25) is 0 Å². The van der Waals surface area contributed by atoms with Crippen LogP contribution in [0.25, 0.3) is 0 Å². The number of carboxylic acid groups (broad SMARTS) is 1. The molecule has 0 aliphatic heterocycles. The molecule has 0 saturated carbocycles. The average molecular weight is 413 g/mol. The van der Waals surface area contributed by atoms with E-state index in [4.69, 9.17) is 9.47 Å². The van der Waals surface area contributed by atoms with E-state index in [2.05, 4.69) is 15.9 Å². The molecule has 26 heavy (non-hydrogen) atoms. The van der Waals surface area contributed by atoms with Crippen molar-refractivity contribution >= 4 is 21.9 Å². The van der Waals surface area contributed by atoms with Crippen LogP contribution in [0.4, 0.5) is 0 Å². The quantitative estimate of drug-likeness (QED) is 0.571. The van der Waals surface area contributed by atoms with Gasteiger partial charge < -0.3 is 14.6 Å². The summed E-state index contributed by atoms with van der Waals surface area (Å²) in [6.07, 6.45) is 0. The Morgan fingerprint density at radius 3 is 1.92 bits per heavy atom. The van der Waals surface area contributed by atoms with E-state index >= 15 is 0 Å². The molecule has 0 aromatic heterocycles. The Kier molecular flexibility index (Phi) is 5.92. The van der Waals surface area contributed by atoms with Crippen molar-refractivity contribution in [1.82, 2.24) is 0 Å². The van der Waals surface area contributed by atoms with Crippen molar-refractivity contribution in [2.45, 2.75) is 13.2 Å². The third-order valence-corrected chi connectivity index (χ3v) is 4.35. The second kappa shape index (κ2) is 8.54. The van der Waals surface area contributed by atoms with Gasteiger partial charge in [-0.3, -0.25) is 0 Å². The minimum Gasteiger partial charge on any atom is -0.489 e. The Labute approximate surface area is 160 Å². The summed E-state index contributed by atoms with van der Waals surface area (Å²) in [5.41, 5.74) is 2.06. The van der Waals surface area contributed by atoms with E-state index in [-0.39, 0.29) is 17.9 Å². The molecular formula is C21H17BrO4. The Bertz CT molecular complexity index is 879. The van der Waals surface area contributed by atoms with Crippen molar-refractivity contribution in [2.24, 2.45) is 0 Å². The lowest BCUT2D eigenvalue weighted by molar-refractivity contribution is 0.0690. The highest BCUT2D eigenvalue weighted by molar-refractivity contribution is 9.10. The molecule has 4 nitrogen and oxygen atoms in total. The number of carbonyl (C=O) groups is 1. The highest BCUT2D eigenvalue weighted by Crippen LogP contribution is 2.33. The summed E-state index contributed by atoms with van der Waals surface area (Å²) in [5.74, 6) is -0.262. The number of carboxylic acids is 1. The maximum Gasteiger partial charge on any atom is 0.340 e. The lowest BCUT2D eigenvalue weighted by Gasteiger charge is -2.14. The molecule has 0 bridgehead atoms. The fraction of sp³-hybridized carbons (Fsp3) is 0.0952. The summed E-state index contributed by atoms with van der Waals surface area (Å²) in [6, 6.07) is 22.6. The maximum atomic E-state index is 11.6. The molecule has 3 aromatic rings. The van der Waals surface area contributed by atoms with Crippen LogP contribution >= 0.6 is 15.9 Å². The van der Waals surface area contributed by atoms with Crippen LogP contribution in [0.1, 0.15) is 21.5 Å². The summed E-state index contributed by atoms with van der Waals surface area (Å²) < 4.78 is 12.0. The topological polar surface area (TPSA) is 55.8 Å². The largest absolute Gasteiger partial charge is 0.489 e. The second-order valence-corrected chi connectivity index (χ2v) is 6.49. The number of halogens is 1. The van der Waals surface area contributed by atoms with Crippen LogP contribution in [0.3, 0.4) is 0 Å². The summed E-state index contributed by atoms with van der Waals surface area (Å²) in [4.78, 5) is 11.6. The van der Waals surface area contributed by atoms with Gasteiger partial charge in [0.1, 0.15) is 30.3 Å². The third kappa shape index (κ3) is 4.64. The molecule has 0 aliphatic carbocycles. The van der Waals surface area contributed by atoms with Gasteiger partial charge in [-0.25, -0.2) is 4.79 Å². The summed E-state index contributed by atoms with van der Waals surface area (Å²) in [6.45, 7) is 0.660. The van der Waals surface area contributed by atoms with E-state index in [0.717, 1.165) is 11.1 Å². The number of benzene rings is 3. The monoisotopic (exact) mass is 412 g/mol. The Morgan fingerprint density at radius 2 is 1.38 bits per heavy atom. The van der Waals surface area contributed by atoms with Gasteiger partial charge in [-0.2, -0.15) is 0 Å². The summed E-state index contributed by atoms with van der Waals surface area (Å²) in [5, 5.41) is 9.49. The molecule has 0 aliphatic rings. The van der Waals surface area contributed by atoms with Gasteiger partial charge >= 0.3 is 5.97 Å². The normalized spacial score (nSPS) is 10.3. The van der Waals surface area contributed by atoms with E-state index in [9.17, 15) is 9.90 Å². The first-order chi connectivity index (χ1) is 12.6. The van der Waals surface area contributed by atoms with Gasteiger partial charge in [-0.1, -0.05) is 60.7 Å². The van der Waals surface area contributed by atoms with Crippen LogP contribution < -0.4 is 9.47 Å². The zero-order chi connectivity index (χ0) is 18.4. The third-order valence-electron chi connectivity index (χ3n) is 3.73. The number of ether oxygens (including phenoxy) is 2. The first kappa shape index (κ1) is 18.0. The van der Waals surface area contributed by atoms with Crippen LogP contribution in [-0.4, -0.2) is 11.1 Å². The number of hydrogen-bond acceptors (Lipinski definition) is 3. The van der Waals surface area contributed by atoms with Crippen LogP contribution in [0.15, 0.2) is 77.3 Å². The number of rotatable bonds is 7. The Balaban J connectivity index is 1.80. The van der Waals surface area contributed by atoms with Crippen molar-refractivity contribution in [3.8, 4) is 11.5 Å². The van der Waals surface area contributed by atoms with Gasteiger partial charge in [0.2, 0.25) is 0 Å². The molecule has 5 heteroatoms. The summed E-state index contributed by atoms with van der Waals surface area (Å²) in [7, 11) is 0. The maximum absolute atomic E-state index is 11.6. The van der Waals surface area contributed by atoms with Crippen molar-refractivity contribution < 1.29 is 19.4 Å². The molecule has 0 unspecified atom stereocenters. The molecule has 0 spiro atoms. The fourth-order valence-electron chi connectivity index (χ4n) is 2.44. The lowest BCUT2D eigenvalue weighted by Crippen LogP contribution is -2.06. The number of aromatic carboxylic acids is 1. The molecule has 3 rings (SSSR count). The fourth-order valence-corrected chi connectivity index (χ4v) is 3.03. The molecule has 0 atom stereocenters. The zero-order valence-corrected chi connectivity index (χ0v) is 15.5. The Hall–Kier alpha value is -2.79. The van der Waals surface area contributed by atoms with Gasteiger partial charge in [0.05, 0.1) is 0 Å². The van der Waals surface area contributed by atoms with E-state index in [1.807, 2.05) is 60.7 Å². The molecule has 0 amide bonds. The van der Waals surface area contributed by atoms with Crippen LogP contribution in [-0.2, 0) is 13.2 Å². The van der Waals surface area contributed by atoms with Crippen molar-refractivity contribution in [3.63, 3.8) is 0 Å². The SMILES string of the molecule is O=C(O)c1c(Br)cc(OCc2ccccc2)cc1OCc1ccccc1. The zero-order valence-electron chi connectivity index (χ0n) is 13.9. The molecule has 0 fully saturated rings. The molecule has 3 aromatic carbocycles. The molecule has 0 heterocycles. The predicted octanol–water partition coefficient (Wildman–Crippen LogP) is 5.31. The van der Waals surface area contributed by atoms with Gasteiger partial charge in [-0.05, 0) is 33.1 Å². The molecule has 0 radical (unpaired) electrons. The Morgan fingerprint density at radius 1 is 0.846 bits per heavy atom. The summed E-state index contributed by atoms with van der Waals surface area (Å²) >= 11 is 3.31. The van der Waals surface area contributed by atoms with E-state index < -0.39 is 5.97 Å². The van der Waals surface area contributed by atoms with E-state index in [1.54, 1.807) is 12.1 Å². The molecule has 132 valence electrons. The predicted molar refractivity (Wildman–Crippen MR) is 103 cm³/mol. The van der Waals surface area contributed by atoms with Gasteiger partial charge in [0.25, 0.3) is 0 Å². The van der Waals surface area contributed by atoms with E-state index in [1.165, 1.54) is 0 Å². The van der Waals surface area contributed by atoms with Crippen molar-refractivity contribution in [2.75, 3.05) is 0 Å². The standard InChI is InChI=1S/C21H17BrO4/c22-18-11-17(25-13-15-7-3-1-4-8-15)12-19(20(18)21(23)24)26-14-16-9-5-2-6-10-16/h1-12H,13-14H2,(H,23,24). The first-order valence-corrected chi connectivity index (χ1v) is 8.83. The average Bonchev–Trinajstić information content (AvgIpc) is 2.66. The van der Waals surface area contributed by atoms with Crippen LogP contribution in [0.5, 0.6) is 11.5 Å². The highest BCUT2D eigenvalue weighted by atomic mass is 79.9. The number of hydrogen-bond donors (Lipinski definition) is 1. The lowest BCUT2D eigenvalue weighted by atomic mass is 10.2. The molecule has 1 N–H and O–H groups in total. The minimum atomic E-state index is -1.06. The highest BCUT2D eigenvalue weighted by Gasteiger charge is 2.18. The van der Waals surface area contributed by atoms with Crippen molar-refractivity contribution in [3.05, 3.63) is 94.0 Å². The van der Waals surface area contributed by atoms with Gasteiger partial charge in [-0.15, -0.1) is 0 Å². The molecule has 0 saturated heterocycles. The second-order valence-electron chi connectivity index (χ2n) is 5.63.